The molecule has 1 amide bonds. The van der Waals surface area contributed by atoms with E-state index in [9.17, 15) is 26.7 Å². The fraction of sp³-hybridized carbons (Fsp3) is 0.357. The minimum atomic E-state index is -4.45. The molecule has 0 bridgehead atoms. The summed E-state index contributed by atoms with van der Waals surface area (Å²) in [4.78, 5) is 15.5. The van der Waals surface area contributed by atoms with Crippen molar-refractivity contribution in [1.29, 1.82) is 0 Å². The number of pyridine rings is 1. The first-order chi connectivity index (χ1) is 11.3. The van der Waals surface area contributed by atoms with Crippen LogP contribution in [-0.2, 0) is 19.1 Å². The molecule has 10 heteroatoms. The lowest BCUT2D eigenvalue weighted by atomic mass is 10.2. The molecule has 0 aliphatic rings. The van der Waals surface area contributed by atoms with Gasteiger partial charge in [0.05, 0.1) is 5.56 Å². The Balaban J connectivity index is 1.83. The quantitative estimate of drug-likeness (QED) is 0.816. The summed E-state index contributed by atoms with van der Waals surface area (Å²) in [5, 5.41) is 6.19. The Labute approximate surface area is 133 Å². The van der Waals surface area contributed by atoms with Gasteiger partial charge in [0.1, 0.15) is 12.2 Å². The number of halogens is 5. The van der Waals surface area contributed by atoms with Crippen LogP contribution in [0.4, 0.5) is 22.0 Å². The molecule has 0 unspecified atom stereocenters. The second-order valence-electron chi connectivity index (χ2n) is 4.86. The van der Waals surface area contributed by atoms with Crippen molar-refractivity contribution in [3.8, 4) is 0 Å². The largest absolute Gasteiger partial charge is 0.417 e. The van der Waals surface area contributed by atoms with E-state index in [4.69, 9.17) is 0 Å². The lowest BCUT2D eigenvalue weighted by Crippen LogP contribution is -2.26. The van der Waals surface area contributed by atoms with Crippen molar-refractivity contribution in [1.82, 2.24) is 20.1 Å². The topological polar surface area (TPSA) is 59.8 Å². The van der Waals surface area contributed by atoms with E-state index in [-0.39, 0.29) is 18.7 Å². The molecule has 2 heterocycles. The van der Waals surface area contributed by atoms with E-state index in [1.54, 1.807) is 0 Å². The summed E-state index contributed by atoms with van der Waals surface area (Å²) >= 11 is 0. The second kappa shape index (κ2) is 7.37. The van der Waals surface area contributed by atoms with Crippen LogP contribution in [0.1, 0.15) is 21.7 Å². The van der Waals surface area contributed by atoms with Gasteiger partial charge in [0.2, 0.25) is 0 Å². The summed E-state index contributed by atoms with van der Waals surface area (Å²) in [6, 6.07) is 3.44. The van der Waals surface area contributed by atoms with E-state index in [2.05, 4.69) is 15.4 Å². The van der Waals surface area contributed by atoms with Gasteiger partial charge in [-0.2, -0.15) is 18.3 Å². The third-order valence-electron chi connectivity index (χ3n) is 3.02. The maximum atomic E-state index is 12.4. The molecular weight excluding hydrogens is 335 g/mol. The summed E-state index contributed by atoms with van der Waals surface area (Å²) in [6.45, 7) is -0.484. The molecule has 1 N–H and O–H groups in total. The molecule has 0 fully saturated rings. The van der Waals surface area contributed by atoms with E-state index >= 15 is 0 Å². The molecule has 0 radical (unpaired) electrons. The predicted octanol–water partition coefficient (Wildman–Crippen LogP) is 2.53. The van der Waals surface area contributed by atoms with Crippen LogP contribution in [0.5, 0.6) is 0 Å². The maximum absolute atomic E-state index is 12.4. The Morgan fingerprint density at radius 3 is 2.58 bits per heavy atom. The standard InChI is InChI=1S/C14H13F5N4O/c15-12(16)8-23-6-4-11(22-23)13(24)20-5-3-10-2-1-9(7-21-10)14(17,18)19/h1-2,4,6-7,12H,3,5,8H2,(H,20,24). The lowest BCUT2D eigenvalue weighted by molar-refractivity contribution is -0.137. The first-order valence-electron chi connectivity index (χ1n) is 6.87. The Morgan fingerprint density at radius 1 is 1.25 bits per heavy atom. The van der Waals surface area contributed by atoms with Crippen LogP contribution in [0.25, 0.3) is 0 Å². The molecule has 0 saturated heterocycles. The average molecular weight is 348 g/mol. The number of rotatable bonds is 6. The van der Waals surface area contributed by atoms with E-state index in [1.807, 2.05) is 0 Å². The third kappa shape index (κ3) is 5.00. The van der Waals surface area contributed by atoms with Gasteiger partial charge in [-0.1, -0.05) is 0 Å². The number of hydrogen-bond acceptors (Lipinski definition) is 3. The summed E-state index contributed by atoms with van der Waals surface area (Å²) in [5.41, 5.74) is -0.484. The van der Waals surface area contributed by atoms with E-state index in [1.165, 1.54) is 18.3 Å². The fourth-order valence-corrected chi connectivity index (χ4v) is 1.86. The van der Waals surface area contributed by atoms with Gasteiger partial charge in [-0.25, -0.2) is 8.78 Å². The zero-order valence-corrected chi connectivity index (χ0v) is 12.2. The van der Waals surface area contributed by atoms with Crippen LogP contribution in [0.2, 0.25) is 0 Å². The van der Waals surface area contributed by atoms with Crippen LogP contribution in [0, 0.1) is 0 Å². The van der Waals surface area contributed by atoms with Gasteiger partial charge in [-0.05, 0) is 18.2 Å². The van der Waals surface area contributed by atoms with Crippen LogP contribution < -0.4 is 5.32 Å². The first kappa shape index (κ1) is 17.8. The Hall–Kier alpha value is -2.52. The molecule has 24 heavy (non-hydrogen) atoms. The number of alkyl halides is 5. The zero-order valence-electron chi connectivity index (χ0n) is 12.2. The zero-order chi connectivity index (χ0) is 17.7. The molecule has 0 aromatic carbocycles. The van der Waals surface area contributed by atoms with E-state index < -0.39 is 30.6 Å². The molecule has 2 aromatic rings. The molecule has 0 atom stereocenters. The highest BCUT2D eigenvalue weighted by Crippen LogP contribution is 2.28. The van der Waals surface area contributed by atoms with Crippen molar-refractivity contribution in [3.05, 3.63) is 47.5 Å². The summed E-state index contributed by atoms with van der Waals surface area (Å²) in [5.74, 6) is -0.560. The predicted molar refractivity (Wildman–Crippen MR) is 73.5 cm³/mol. The van der Waals surface area contributed by atoms with Gasteiger partial charge in [-0.15, -0.1) is 0 Å². The molecule has 5 nitrogen and oxygen atoms in total. The highest BCUT2D eigenvalue weighted by atomic mass is 19.4. The fourth-order valence-electron chi connectivity index (χ4n) is 1.86. The molecular formula is C14H13F5N4O. The minimum Gasteiger partial charge on any atom is -0.350 e. The van der Waals surface area contributed by atoms with Crippen molar-refractivity contribution in [2.45, 2.75) is 25.6 Å². The average Bonchev–Trinajstić information content (AvgIpc) is 2.94. The number of nitrogens with one attached hydrogen (secondary N) is 1. The van der Waals surface area contributed by atoms with Crippen LogP contribution >= 0.6 is 0 Å². The summed E-state index contributed by atoms with van der Waals surface area (Å²) in [7, 11) is 0. The Bertz CT molecular complexity index is 681. The van der Waals surface area contributed by atoms with E-state index in [0.29, 0.717) is 5.69 Å². The molecule has 0 spiro atoms. The normalized spacial score (nSPS) is 11.8. The molecule has 2 rings (SSSR count). The van der Waals surface area contributed by atoms with Crippen molar-refractivity contribution >= 4 is 5.91 Å². The highest BCUT2D eigenvalue weighted by molar-refractivity contribution is 5.92. The number of aromatic nitrogens is 3. The van der Waals surface area contributed by atoms with Crippen LogP contribution in [0.3, 0.4) is 0 Å². The van der Waals surface area contributed by atoms with E-state index in [0.717, 1.165) is 16.9 Å². The number of carbonyl (C=O) groups excluding carboxylic acids is 1. The van der Waals surface area contributed by atoms with Crippen molar-refractivity contribution in [2.75, 3.05) is 6.54 Å². The Kier molecular flexibility index (Phi) is 5.47. The van der Waals surface area contributed by atoms with Crippen molar-refractivity contribution < 1.29 is 26.7 Å². The first-order valence-corrected chi connectivity index (χ1v) is 6.87. The van der Waals surface area contributed by atoms with Crippen molar-refractivity contribution in [3.63, 3.8) is 0 Å². The molecule has 2 aromatic heterocycles. The smallest absolute Gasteiger partial charge is 0.350 e. The van der Waals surface area contributed by atoms with Gasteiger partial charge in [0.25, 0.3) is 12.3 Å². The number of nitrogens with zero attached hydrogens (tertiary/aromatic N) is 3. The molecule has 130 valence electrons. The lowest BCUT2D eigenvalue weighted by Gasteiger charge is -2.07. The molecule has 0 aliphatic heterocycles. The second-order valence-corrected chi connectivity index (χ2v) is 4.86. The molecule has 0 saturated carbocycles. The van der Waals surface area contributed by atoms with Gasteiger partial charge < -0.3 is 5.32 Å². The van der Waals surface area contributed by atoms with Crippen molar-refractivity contribution in [2.24, 2.45) is 0 Å². The van der Waals surface area contributed by atoms with Crippen LogP contribution in [0.15, 0.2) is 30.6 Å². The SMILES string of the molecule is O=C(NCCc1ccc(C(F)(F)F)cn1)c1ccn(CC(F)F)n1. The summed E-state index contributed by atoms with van der Waals surface area (Å²) < 4.78 is 62.5. The monoisotopic (exact) mass is 348 g/mol. The molecule has 0 aliphatic carbocycles. The number of carbonyl (C=O) groups is 1. The van der Waals surface area contributed by atoms with Gasteiger partial charge in [0, 0.05) is 31.1 Å². The third-order valence-corrected chi connectivity index (χ3v) is 3.02. The van der Waals surface area contributed by atoms with Gasteiger partial charge in [-0.3, -0.25) is 14.5 Å². The minimum absolute atomic E-state index is 0.0176. The Morgan fingerprint density at radius 2 is 2.00 bits per heavy atom. The summed E-state index contributed by atoms with van der Waals surface area (Å²) in [6.07, 6.45) is -4.81. The van der Waals surface area contributed by atoms with Gasteiger partial charge >= 0.3 is 6.18 Å². The van der Waals surface area contributed by atoms with Gasteiger partial charge in [0.15, 0.2) is 0 Å². The number of amides is 1. The van der Waals surface area contributed by atoms with Crippen LogP contribution in [-0.4, -0.2) is 33.6 Å². The maximum Gasteiger partial charge on any atom is 0.417 e. The number of hydrogen-bond donors (Lipinski definition) is 1. The highest BCUT2D eigenvalue weighted by Gasteiger charge is 2.30.